The Balaban J connectivity index is 1.41. The van der Waals surface area contributed by atoms with E-state index >= 15 is 0 Å². The highest BCUT2D eigenvalue weighted by Gasteiger charge is 2.36. The first-order chi connectivity index (χ1) is 14.3. The summed E-state index contributed by atoms with van der Waals surface area (Å²) in [5.74, 6) is -1.05. The number of aryl methyl sites for hydroxylation is 3. The molecular formula is C23H25N3O4. The Morgan fingerprint density at radius 1 is 1.17 bits per heavy atom. The first-order valence-corrected chi connectivity index (χ1v) is 10.1. The highest BCUT2D eigenvalue weighted by atomic mass is 16.5. The second-order valence-electron chi connectivity index (χ2n) is 7.97. The zero-order valence-corrected chi connectivity index (χ0v) is 17.4. The largest absolute Gasteiger partial charge is 0.452 e. The lowest BCUT2D eigenvalue weighted by Crippen LogP contribution is -2.43. The number of ether oxygens (including phenoxy) is 1. The summed E-state index contributed by atoms with van der Waals surface area (Å²) in [4.78, 5) is 39.1. The molecule has 7 nitrogen and oxygen atoms in total. The summed E-state index contributed by atoms with van der Waals surface area (Å²) in [5.41, 5.74) is 5.57. The predicted molar refractivity (Wildman–Crippen MR) is 115 cm³/mol. The van der Waals surface area contributed by atoms with Crippen molar-refractivity contribution < 1.29 is 19.1 Å². The molecule has 0 radical (unpaired) electrons. The minimum Gasteiger partial charge on any atom is -0.452 e. The maximum Gasteiger partial charge on any atom is 0.338 e. The quantitative estimate of drug-likeness (QED) is 0.759. The van der Waals surface area contributed by atoms with Crippen molar-refractivity contribution in [3.63, 3.8) is 0 Å². The smallest absolute Gasteiger partial charge is 0.338 e. The lowest BCUT2D eigenvalue weighted by molar-refractivity contribution is -0.119. The zero-order valence-electron chi connectivity index (χ0n) is 17.4. The molecular weight excluding hydrogens is 382 g/mol. The molecule has 2 amide bonds. The number of hydrogen-bond acceptors (Lipinski definition) is 5. The van der Waals surface area contributed by atoms with Crippen LogP contribution in [0.1, 0.15) is 39.9 Å². The Morgan fingerprint density at radius 3 is 2.63 bits per heavy atom. The molecule has 2 aliphatic heterocycles. The third kappa shape index (κ3) is 3.75. The van der Waals surface area contributed by atoms with Gasteiger partial charge >= 0.3 is 5.97 Å². The Hall–Kier alpha value is -3.35. The molecule has 1 atom stereocenters. The summed E-state index contributed by atoms with van der Waals surface area (Å²) >= 11 is 0. The van der Waals surface area contributed by atoms with E-state index in [0.717, 1.165) is 47.5 Å². The number of nitrogens with zero attached hydrogens (tertiary/aromatic N) is 1. The maximum absolute atomic E-state index is 12.4. The number of hydrogen-bond donors (Lipinski definition) is 2. The number of carbonyl (C=O) groups excluding carboxylic acids is 3. The van der Waals surface area contributed by atoms with Gasteiger partial charge in [-0.1, -0.05) is 17.7 Å². The first kappa shape index (κ1) is 19.9. The van der Waals surface area contributed by atoms with Crippen LogP contribution in [0, 0.1) is 20.8 Å². The Labute approximate surface area is 175 Å². The van der Waals surface area contributed by atoms with Gasteiger partial charge in [-0.05, 0) is 62.9 Å². The third-order valence-electron chi connectivity index (χ3n) is 5.63. The molecule has 0 unspecified atom stereocenters. The second kappa shape index (κ2) is 7.82. The molecule has 4 rings (SSSR count). The van der Waals surface area contributed by atoms with Gasteiger partial charge < -0.3 is 20.3 Å². The Morgan fingerprint density at radius 2 is 1.90 bits per heavy atom. The van der Waals surface area contributed by atoms with Crippen LogP contribution in [0.25, 0.3) is 0 Å². The van der Waals surface area contributed by atoms with Gasteiger partial charge in [0, 0.05) is 12.2 Å². The fourth-order valence-corrected chi connectivity index (χ4v) is 4.32. The van der Waals surface area contributed by atoms with Gasteiger partial charge in [-0.2, -0.15) is 0 Å². The van der Waals surface area contributed by atoms with Crippen LogP contribution < -0.4 is 15.5 Å². The molecule has 0 spiro atoms. The average molecular weight is 407 g/mol. The van der Waals surface area contributed by atoms with Gasteiger partial charge in [0.25, 0.3) is 5.91 Å². The van der Waals surface area contributed by atoms with Gasteiger partial charge in [-0.25, -0.2) is 4.79 Å². The van der Waals surface area contributed by atoms with Crippen LogP contribution in [0.3, 0.4) is 0 Å². The van der Waals surface area contributed by atoms with Crippen LogP contribution in [-0.2, 0) is 14.3 Å². The molecule has 30 heavy (non-hydrogen) atoms. The number of nitrogens with one attached hydrogen (secondary N) is 2. The van der Waals surface area contributed by atoms with Gasteiger partial charge in [-0.15, -0.1) is 0 Å². The first-order valence-electron chi connectivity index (χ1n) is 10.1. The minimum absolute atomic E-state index is 0.0475. The number of carbonyl (C=O) groups is 3. The van der Waals surface area contributed by atoms with Crippen LogP contribution in [0.5, 0.6) is 0 Å². The van der Waals surface area contributed by atoms with Crippen LogP contribution >= 0.6 is 0 Å². The zero-order chi connectivity index (χ0) is 21.4. The Kier molecular flexibility index (Phi) is 5.20. The van der Waals surface area contributed by atoms with Gasteiger partial charge in [0.1, 0.15) is 6.04 Å². The number of fused-ring (bicyclic) bond motifs is 3. The molecule has 2 heterocycles. The SMILES string of the molecule is Cc1cc(C)c(NC(=O)COC(=O)c2ccc3c(c2)NC(=O)[C@@H]2CCCN32)c(C)c1. The normalized spacial score (nSPS) is 17.1. The fourth-order valence-electron chi connectivity index (χ4n) is 4.32. The number of rotatable bonds is 4. The standard InChI is InChI=1S/C23H25N3O4/c1-13-9-14(2)21(15(3)10-13)25-20(27)12-30-23(29)16-6-7-18-17(11-16)24-22(28)19-5-4-8-26(18)19/h6-7,9-11,19H,4-5,8,12H2,1-3H3,(H,24,28)(H,25,27)/t19-/m0/s1. The molecule has 7 heteroatoms. The average Bonchev–Trinajstić information content (AvgIpc) is 3.19. The van der Waals surface area contributed by atoms with Crippen molar-refractivity contribution >= 4 is 34.8 Å². The van der Waals surface area contributed by atoms with E-state index in [0.29, 0.717) is 11.3 Å². The molecule has 2 aliphatic rings. The summed E-state index contributed by atoms with van der Waals surface area (Å²) in [7, 11) is 0. The van der Waals surface area contributed by atoms with Crippen molar-refractivity contribution in [3.05, 3.63) is 52.6 Å². The number of amides is 2. The van der Waals surface area contributed by atoms with E-state index in [1.54, 1.807) is 12.1 Å². The van der Waals surface area contributed by atoms with Crippen molar-refractivity contribution in [3.8, 4) is 0 Å². The van der Waals surface area contributed by atoms with E-state index < -0.39 is 11.9 Å². The summed E-state index contributed by atoms with van der Waals surface area (Å²) in [5, 5.41) is 5.69. The number of anilines is 3. The van der Waals surface area contributed by atoms with E-state index in [4.69, 9.17) is 4.74 Å². The Bertz CT molecular complexity index is 1020. The summed E-state index contributed by atoms with van der Waals surface area (Å²) in [6.07, 6.45) is 1.81. The molecule has 0 bridgehead atoms. The van der Waals surface area contributed by atoms with Gasteiger partial charge in [0.15, 0.2) is 6.61 Å². The van der Waals surface area contributed by atoms with Crippen molar-refractivity contribution in [2.24, 2.45) is 0 Å². The predicted octanol–water partition coefficient (Wildman–Crippen LogP) is 3.33. The lowest BCUT2D eigenvalue weighted by atomic mass is 10.1. The second-order valence-corrected chi connectivity index (χ2v) is 7.97. The molecule has 2 aromatic carbocycles. The molecule has 1 fully saturated rings. The van der Waals surface area contributed by atoms with Crippen molar-refractivity contribution in [2.75, 3.05) is 28.7 Å². The van der Waals surface area contributed by atoms with Gasteiger partial charge in [-0.3, -0.25) is 9.59 Å². The molecule has 156 valence electrons. The van der Waals surface area contributed by atoms with Crippen molar-refractivity contribution in [1.82, 2.24) is 0 Å². The monoisotopic (exact) mass is 407 g/mol. The minimum atomic E-state index is -0.608. The molecule has 0 aliphatic carbocycles. The lowest BCUT2D eigenvalue weighted by Gasteiger charge is -2.33. The topological polar surface area (TPSA) is 87.7 Å². The maximum atomic E-state index is 12.4. The highest BCUT2D eigenvalue weighted by molar-refractivity contribution is 6.05. The molecule has 2 aromatic rings. The van der Waals surface area contributed by atoms with Gasteiger partial charge in [0.2, 0.25) is 5.91 Å². The summed E-state index contributed by atoms with van der Waals surface area (Å²) in [6.45, 7) is 6.29. The fraction of sp³-hybridized carbons (Fsp3) is 0.348. The third-order valence-corrected chi connectivity index (χ3v) is 5.63. The summed E-state index contributed by atoms with van der Waals surface area (Å²) < 4.78 is 5.19. The molecule has 0 saturated carbocycles. The van der Waals surface area contributed by atoms with Crippen LogP contribution in [0.2, 0.25) is 0 Å². The number of benzene rings is 2. The van der Waals surface area contributed by atoms with Crippen molar-refractivity contribution in [2.45, 2.75) is 39.7 Å². The van der Waals surface area contributed by atoms with Crippen molar-refractivity contribution in [1.29, 1.82) is 0 Å². The van der Waals surface area contributed by atoms with Crippen LogP contribution in [0.4, 0.5) is 17.1 Å². The molecule has 2 N–H and O–H groups in total. The van der Waals surface area contributed by atoms with E-state index in [9.17, 15) is 14.4 Å². The van der Waals surface area contributed by atoms with E-state index in [1.807, 2.05) is 39.0 Å². The summed E-state index contributed by atoms with van der Waals surface area (Å²) in [6, 6.07) is 8.94. The number of esters is 1. The van der Waals surface area contributed by atoms with E-state index in [2.05, 4.69) is 15.5 Å². The van der Waals surface area contributed by atoms with Crippen LogP contribution in [-0.4, -0.2) is 37.0 Å². The highest BCUT2D eigenvalue weighted by Crippen LogP contribution is 2.37. The van der Waals surface area contributed by atoms with E-state index in [-0.39, 0.29) is 18.6 Å². The molecule has 1 saturated heterocycles. The van der Waals surface area contributed by atoms with Gasteiger partial charge in [0.05, 0.1) is 16.9 Å². The molecule has 0 aromatic heterocycles. The van der Waals surface area contributed by atoms with E-state index in [1.165, 1.54) is 0 Å². The van der Waals surface area contributed by atoms with Crippen LogP contribution in [0.15, 0.2) is 30.3 Å².